The summed E-state index contributed by atoms with van der Waals surface area (Å²) in [5.74, 6) is 0. The molecule has 0 aliphatic heterocycles. The van der Waals surface area contributed by atoms with Gasteiger partial charge in [0.25, 0.3) is 0 Å². The average molecular weight is 741 g/mol. The van der Waals surface area contributed by atoms with Crippen LogP contribution >= 0.6 is 0 Å². The zero-order chi connectivity index (χ0) is 38.2. The Kier molecular flexibility index (Phi) is 7.20. The molecule has 0 radical (unpaired) electrons. The number of fused-ring (bicyclic) bond motifs is 12. The van der Waals surface area contributed by atoms with Crippen molar-refractivity contribution >= 4 is 82.5 Å². The molecule has 4 nitrogen and oxygen atoms in total. The summed E-state index contributed by atoms with van der Waals surface area (Å²) in [6.45, 7) is 0. The van der Waals surface area contributed by atoms with Crippen LogP contribution in [-0.4, -0.2) is 13.7 Å². The zero-order valence-electron chi connectivity index (χ0n) is 31.6. The van der Waals surface area contributed by atoms with Crippen LogP contribution in [0.25, 0.3) is 82.5 Å². The normalized spacial score (nSPS) is 11.8. The van der Waals surface area contributed by atoms with Crippen molar-refractivity contribution in [3.05, 3.63) is 218 Å². The van der Waals surface area contributed by atoms with Crippen LogP contribution in [0.15, 0.2) is 218 Å². The fourth-order valence-corrected chi connectivity index (χ4v) is 9.46. The number of anilines is 3. The van der Waals surface area contributed by atoms with Gasteiger partial charge < -0.3 is 18.6 Å². The van der Waals surface area contributed by atoms with Crippen LogP contribution in [0.1, 0.15) is 0 Å². The molecular formula is C54H36N4. The highest BCUT2D eigenvalue weighted by Gasteiger charge is 2.28. The van der Waals surface area contributed by atoms with Crippen LogP contribution in [0, 0.1) is 0 Å². The molecular weight excluding hydrogens is 705 g/mol. The Morgan fingerprint density at radius 2 is 0.552 bits per heavy atom. The first-order valence-corrected chi connectivity index (χ1v) is 19.9. The van der Waals surface area contributed by atoms with Crippen molar-refractivity contribution in [2.24, 2.45) is 0 Å². The quantitative estimate of drug-likeness (QED) is 0.166. The maximum Gasteiger partial charge on any atom is 0.0810 e. The third-order valence-electron chi connectivity index (χ3n) is 11.8. The van der Waals surface area contributed by atoms with Crippen molar-refractivity contribution in [3.63, 3.8) is 0 Å². The van der Waals surface area contributed by atoms with Gasteiger partial charge in [0, 0.05) is 66.4 Å². The maximum absolute atomic E-state index is 2.52. The van der Waals surface area contributed by atoms with Crippen LogP contribution < -0.4 is 4.90 Å². The predicted molar refractivity (Wildman–Crippen MR) is 244 cm³/mol. The second kappa shape index (κ2) is 12.9. The third-order valence-corrected chi connectivity index (χ3v) is 11.8. The molecule has 0 spiro atoms. The molecule has 0 saturated heterocycles. The summed E-state index contributed by atoms with van der Waals surface area (Å²) >= 11 is 0. The van der Waals surface area contributed by atoms with E-state index < -0.39 is 0 Å². The van der Waals surface area contributed by atoms with Gasteiger partial charge in [0.1, 0.15) is 0 Å². The molecule has 0 atom stereocenters. The van der Waals surface area contributed by atoms with Crippen LogP contribution in [0.4, 0.5) is 17.1 Å². The van der Waals surface area contributed by atoms with Gasteiger partial charge in [0.2, 0.25) is 0 Å². The summed E-state index contributed by atoms with van der Waals surface area (Å²) in [6, 6.07) is 78.9. The Labute approximate surface area is 335 Å². The first-order chi connectivity index (χ1) is 28.8. The molecule has 12 rings (SSSR count). The van der Waals surface area contributed by atoms with Gasteiger partial charge in [-0.3, -0.25) is 0 Å². The molecule has 0 aliphatic rings. The highest BCUT2D eigenvalue weighted by atomic mass is 15.1. The number of rotatable bonds is 6. The standard InChI is InChI=1S/C54H36N4/c1-5-19-37(20-6-1)55(38-21-7-2-8-22-38)41-33-35-42(36-34-41)56-46-30-16-13-27-43(46)49-50-44-28-14-17-31-47(44)57(39-23-9-3-10-24-39)53(50)54-51(52(49)56)45-29-15-18-32-48(45)58(54)40-25-11-4-12-26-40/h1-36H. The fourth-order valence-electron chi connectivity index (χ4n) is 9.46. The number of benzene rings is 9. The lowest BCUT2D eigenvalue weighted by atomic mass is 10.0. The van der Waals surface area contributed by atoms with Gasteiger partial charge in [-0.05, 0) is 91.0 Å². The first-order valence-electron chi connectivity index (χ1n) is 19.9. The molecule has 9 aromatic carbocycles. The molecule has 3 aromatic heterocycles. The van der Waals surface area contributed by atoms with E-state index in [0.29, 0.717) is 0 Å². The fraction of sp³-hybridized carbons (Fsp3) is 0. The molecule has 0 N–H and O–H groups in total. The van der Waals surface area contributed by atoms with Crippen LogP contribution in [0.3, 0.4) is 0 Å². The first kappa shape index (κ1) is 32.4. The van der Waals surface area contributed by atoms with E-state index in [1.54, 1.807) is 0 Å². The van der Waals surface area contributed by atoms with E-state index in [2.05, 4.69) is 237 Å². The Hall–Kier alpha value is -7.82. The summed E-state index contributed by atoms with van der Waals surface area (Å²) in [6.07, 6.45) is 0. The summed E-state index contributed by atoms with van der Waals surface area (Å²) in [5, 5.41) is 7.44. The molecule has 272 valence electrons. The van der Waals surface area contributed by atoms with Crippen molar-refractivity contribution in [1.29, 1.82) is 0 Å². The van der Waals surface area contributed by atoms with Gasteiger partial charge in [-0.1, -0.05) is 127 Å². The van der Waals surface area contributed by atoms with E-state index in [4.69, 9.17) is 0 Å². The topological polar surface area (TPSA) is 18.0 Å². The van der Waals surface area contributed by atoms with Crippen LogP contribution in [0.2, 0.25) is 0 Å². The molecule has 0 amide bonds. The average Bonchev–Trinajstić information content (AvgIpc) is 3.94. The van der Waals surface area contributed by atoms with Crippen LogP contribution in [0.5, 0.6) is 0 Å². The minimum absolute atomic E-state index is 1.10. The highest BCUT2D eigenvalue weighted by molar-refractivity contribution is 6.40. The van der Waals surface area contributed by atoms with Gasteiger partial charge >= 0.3 is 0 Å². The minimum Gasteiger partial charge on any atom is -0.311 e. The van der Waals surface area contributed by atoms with Gasteiger partial charge in [-0.2, -0.15) is 0 Å². The summed E-state index contributed by atoms with van der Waals surface area (Å²) in [5.41, 5.74) is 13.9. The SMILES string of the molecule is c1ccc(N(c2ccccc2)c2ccc(-n3c4ccccc4c4c5c6ccccc6n(-c6ccccc6)c5c5c(c6ccccc6n5-c5ccccc5)c43)cc2)cc1. The van der Waals surface area contributed by atoms with Crippen molar-refractivity contribution in [1.82, 2.24) is 13.7 Å². The summed E-state index contributed by atoms with van der Waals surface area (Å²) in [7, 11) is 0. The van der Waals surface area contributed by atoms with E-state index in [-0.39, 0.29) is 0 Å². The monoisotopic (exact) mass is 740 g/mol. The maximum atomic E-state index is 2.52. The molecule has 0 fully saturated rings. The van der Waals surface area contributed by atoms with Crippen molar-refractivity contribution in [2.75, 3.05) is 4.90 Å². The zero-order valence-corrected chi connectivity index (χ0v) is 31.6. The number of hydrogen-bond acceptors (Lipinski definition) is 1. The predicted octanol–water partition coefficient (Wildman–Crippen LogP) is 14.4. The largest absolute Gasteiger partial charge is 0.311 e. The summed E-state index contributed by atoms with van der Waals surface area (Å²) in [4.78, 5) is 2.32. The molecule has 0 saturated carbocycles. The van der Waals surface area contributed by atoms with Crippen LogP contribution in [-0.2, 0) is 0 Å². The second-order valence-electron chi connectivity index (χ2n) is 14.9. The molecule has 0 bridgehead atoms. The summed E-state index contributed by atoms with van der Waals surface area (Å²) < 4.78 is 7.50. The van der Waals surface area contributed by atoms with Gasteiger partial charge in [0.05, 0.1) is 33.1 Å². The number of aromatic nitrogens is 3. The minimum atomic E-state index is 1.10. The molecule has 12 aromatic rings. The van der Waals surface area contributed by atoms with E-state index in [1.807, 2.05) is 0 Å². The van der Waals surface area contributed by atoms with E-state index in [1.165, 1.54) is 65.4 Å². The van der Waals surface area contributed by atoms with Gasteiger partial charge in [0.15, 0.2) is 0 Å². The Balaban J connectivity index is 1.27. The van der Waals surface area contributed by atoms with Crippen molar-refractivity contribution in [3.8, 4) is 17.1 Å². The molecule has 58 heavy (non-hydrogen) atoms. The lowest BCUT2D eigenvalue weighted by Gasteiger charge is -2.25. The third kappa shape index (κ3) is 4.69. The lowest BCUT2D eigenvalue weighted by molar-refractivity contribution is 1.15. The second-order valence-corrected chi connectivity index (χ2v) is 14.9. The molecule has 0 aliphatic carbocycles. The molecule has 3 heterocycles. The highest BCUT2D eigenvalue weighted by Crippen LogP contribution is 2.50. The Morgan fingerprint density at radius 3 is 1.02 bits per heavy atom. The van der Waals surface area contributed by atoms with Gasteiger partial charge in [-0.25, -0.2) is 0 Å². The van der Waals surface area contributed by atoms with Crippen molar-refractivity contribution in [2.45, 2.75) is 0 Å². The Bertz CT molecular complexity index is 3430. The number of nitrogens with zero attached hydrogens (tertiary/aromatic N) is 4. The van der Waals surface area contributed by atoms with Gasteiger partial charge in [-0.15, -0.1) is 0 Å². The smallest absolute Gasteiger partial charge is 0.0810 e. The van der Waals surface area contributed by atoms with Crippen molar-refractivity contribution < 1.29 is 0 Å². The van der Waals surface area contributed by atoms with E-state index in [0.717, 1.165) is 34.1 Å². The number of hydrogen-bond donors (Lipinski definition) is 0. The Morgan fingerprint density at radius 1 is 0.241 bits per heavy atom. The molecule has 0 unspecified atom stereocenters. The van der Waals surface area contributed by atoms with E-state index in [9.17, 15) is 0 Å². The van der Waals surface area contributed by atoms with E-state index >= 15 is 0 Å². The number of para-hydroxylation sites is 7. The molecule has 4 heteroatoms. The lowest BCUT2D eigenvalue weighted by Crippen LogP contribution is -2.09.